The SMILES string of the molecule is CCC(C)c1ccc(C(CC)NC(=O)c2ccc(COc3c(F)c(F)cc(F)c3F)o2)cc1. The third-order valence-electron chi connectivity index (χ3n) is 5.55. The Bertz CT molecular complexity index is 1090. The molecule has 3 aromatic rings. The van der Waals surface area contributed by atoms with Crippen LogP contribution in [-0.2, 0) is 6.61 Å². The first-order valence-electron chi connectivity index (χ1n) is 10.7. The molecule has 0 fully saturated rings. The maximum atomic E-state index is 13.7. The molecule has 3 rings (SSSR count). The van der Waals surface area contributed by atoms with Crippen molar-refractivity contribution in [3.63, 3.8) is 0 Å². The van der Waals surface area contributed by atoms with Gasteiger partial charge in [-0.2, -0.15) is 8.78 Å². The first-order chi connectivity index (χ1) is 15.7. The molecule has 1 aromatic heterocycles. The number of carbonyl (C=O) groups excluding carboxylic acids is 1. The highest BCUT2D eigenvalue weighted by molar-refractivity contribution is 5.91. The van der Waals surface area contributed by atoms with Crippen molar-refractivity contribution in [1.29, 1.82) is 0 Å². The zero-order chi connectivity index (χ0) is 24.1. The van der Waals surface area contributed by atoms with Crippen LogP contribution in [0.25, 0.3) is 0 Å². The molecule has 8 heteroatoms. The van der Waals surface area contributed by atoms with Crippen LogP contribution in [0.5, 0.6) is 5.75 Å². The lowest BCUT2D eigenvalue weighted by Crippen LogP contribution is -2.27. The van der Waals surface area contributed by atoms with Crippen molar-refractivity contribution >= 4 is 5.91 Å². The predicted octanol–water partition coefficient (Wildman–Crippen LogP) is 6.81. The van der Waals surface area contributed by atoms with Crippen molar-refractivity contribution in [2.75, 3.05) is 0 Å². The number of halogens is 4. The van der Waals surface area contributed by atoms with Crippen molar-refractivity contribution in [2.45, 2.75) is 52.2 Å². The van der Waals surface area contributed by atoms with Gasteiger partial charge < -0.3 is 14.5 Å². The Morgan fingerprint density at radius 1 is 0.939 bits per heavy atom. The van der Waals surface area contributed by atoms with Gasteiger partial charge in [0.25, 0.3) is 5.91 Å². The Labute approximate surface area is 189 Å². The summed E-state index contributed by atoms with van der Waals surface area (Å²) in [5, 5.41) is 2.89. The van der Waals surface area contributed by atoms with E-state index in [0.717, 1.165) is 12.0 Å². The molecule has 0 saturated carbocycles. The van der Waals surface area contributed by atoms with Crippen LogP contribution >= 0.6 is 0 Å². The van der Waals surface area contributed by atoms with E-state index in [4.69, 9.17) is 9.15 Å². The van der Waals surface area contributed by atoms with E-state index in [0.29, 0.717) is 12.3 Å². The van der Waals surface area contributed by atoms with E-state index in [2.05, 4.69) is 19.2 Å². The monoisotopic (exact) mass is 463 g/mol. The van der Waals surface area contributed by atoms with Gasteiger partial charge in [0.2, 0.25) is 11.6 Å². The lowest BCUT2D eigenvalue weighted by molar-refractivity contribution is 0.0903. The number of benzene rings is 2. The van der Waals surface area contributed by atoms with Gasteiger partial charge in [-0.15, -0.1) is 0 Å². The Balaban J connectivity index is 1.66. The van der Waals surface area contributed by atoms with E-state index in [1.807, 2.05) is 31.2 Å². The summed E-state index contributed by atoms with van der Waals surface area (Å²) in [7, 11) is 0. The normalized spacial score (nSPS) is 12.9. The van der Waals surface area contributed by atoms with Crippen LogP contribution in [0.2, 0.25) is 0 Å². The average molecular weight is 463 g/mol. The molecule has 2 unspecified atom stereocenters. The third-order valence-corrected chi connectivity index (χ3v) is 5.55. The van der Waals surface area contributed by atoms with Gasteiger partial charge in [0.05, 0.1) is 6.04 Å². The molecule has 0 aliphatic carbocycles. The van der Waals surface area contributed by atoms with Gasteiger partial charge in [0.15, 0.2) is 23.1 Å². The Morgan fingerprint density at radius 3 is 2.12 bits per heavy atom. The fraction of sp³-hybridized carbons (Fsp3) is 0.320. The summed E-state index contributed by atoms with van der Waals surface area (Å²) in [6, 6.07) is 10.7. The van der Waals surface area contributed by atoms with Crippen LogP contribution in [0.4, 0.5) is 17.6 Å². The number of furan rings is 1. The minimum absolute atomic E-state index is 0.0327. The number of amides is 1. The highest BCUT2D eigenvalue weighted by atomic mass is 19.2. The maximum absolute atomic E-state index is 13.7. The summed E-state index contributed by atoms with van der Waals surface area (Å²) >= 11 is 0. The zero-order valence-corrected chi connectivity index (χ0v) is 18.6. The second-order valence-electron chi connectivity index (χ2n) is 7.76. The number of hydrogen-bond acceptors (Lipinski definition) is 3. The average Bonchev–Trinajstić information content (AvgIpc) is 3.30. The summed E-state index contributed by atoms with van der Waals surface area (Å²) in [6.07, 6.45) is 1.68. The molecule has 0 aliphatic rings. The summed E-state index contributed by atoms with van der Waals surface area (Å²) in [6.45, 7) is 5.69. The van der Waals surface area contributed by atoms with Crippen LogP contribution in [0.3, 0.4) is 0 Å². The molecule has 2 aromatic carbocycles. The molecule has 4 nitrogen and oxygen atoms in total. The zero-order valence-electron chi connectivity index (χ0n) is 18.6. The minimum atomic E-state index is -1.65. The number of nitrogens with one attached hydrogen (secondary N) is 1. The van der Waals surface area contributed by atoms with Gasteiger partial charge >= 0.3 is 0 Å². The van der Waals surface area contributed by atoms with Gasteiger partial charge in [-0.3, -0.25) is 4.79 Å². The van der Waals surface area contributed by atoms with Crippen LogP contribution in [-0.4, -0.2) is 5.91 Å². The number of hydrogen-bond donors (Lipinski definition) is 1. The second kappa shape index (κ2) is 10.6. The highest BCUT2D eigenvalue weighted by Gasteiger charge is 2.22. The largest absolute Gasteiger partial charge is 0.479 e. The summed E-state index contributed by atoms with van der Waals surface area (Å²) in [5.41, 5.74) is 2.18. The number of ether oxygens (including phenoxy) is 1. The van der Waals surface area contributed by atoms with Crippen molar-refractivity contribution in [3.05, 3.63) is 88.4 Å². The van der Waals surface area contributed by atoms with Crippen molar-refractivity contribution in [2.24, 2.45) is 0 Å². The van der Waals surface area contributed by atoms with E-state index in [1.54, 1.807) is 0 Å². The lowest BCUT2D eigenvalue weighted by Gasteiger charge is -2.18. The van der Waals surface area contributed by atoms with E-state index in [1.165, 1.54) is 17.7 Å². The molecule has 1 N–H and O–H groups in total. The molecule has 0 aliphatic heterocycles. The van der Waals surface area contributed by atoms with Crippen LogP contribution in [0.1, 0.15) is 73.0 Å². The first kappa shape index (κ1) is 24.4. The molecule has 0 spiro atoms. The van der Waals surface area contributed by atoms with Gasteiger partial charge in [0.1, 0.15) is 12.4 Å². The molecule has 2 atom stereocenters. The van der Waals surface area contributed by atoms with Crippen molar-refractivity contribution in [3.8, 4) is 5.75 Å². The van der Waals surface area contributed by atoms with Crippen LogP contribution < -0.4 is 10.1 Å². The molecule has 0 radical (unpaired) electrons. The Hall–Kier alpha value is -3.29. The third kappa shape index (κ3) is 5.56. The topological polar surface area (TPSA) is 51.5 Å². The molecular weight excluding hydrogens is 438 g/mol. The molecule has 0 bridgehead atoms. The number of rotatable bonds is 9. The van der Waals surface area contributed by atoms with Gasteiger partial charge in [0, 0.05) is 6.07 Å². The maximum Gasteiger partial charge on any atom is 0.287 e. The first-order valence-corrected chi connectivity index (χ1v) is 10.7. The molecular formula is C25H25F4NO3. The molecule has 1 amide bonds. The predicted molar refractivity (Wildman–Crippen MR) is 115 cm³/mol. The lowest BCUT2D eigenvalue weighted by atomic mass is 9.95. The van der Waals surface area contributed by atoms with Crippen molar-refractivity contribution in [1.82, 2.24) is 5.32 Å². The van der Waals surface area contributed by atoms with E-state index in [9.17, 15) is 22.4 Å². The quantitative estimate of drug-likeness (QED) is 0.280. The Kier molecular flexibility index (Phi) is 7.79. The van der Waals surface area contributed by atoms with Crippen LogP contribution in [0.15, 0.2) is 46.9 Å². The second-order valence-corrected chi connectivity index (χ2v) is 7.76. The summed E-state index contributed by atoms with van der Waals surface area (Å²) in [5.74, 6) is -7.66. The fourth-order valence-corrected chi connectivity index (χ4v) is 3.34. The van der Waals surface area contributed by atoms with E-state index >= 15 is 0 Å². The number of carbonyl (C=O) groups is 1. The summed E-state index contributed by atoms with van der Waals surface area (Å²) < 4.78 is 64.3. The van der Waals surface area contributed by atoms with E-state index in [-0.39, 0.29) is 23.6 Å². The minimum Gasteiger partial charge on any atom is -0.479 e. The van der Waals surface area contributed by atoms with Gasteiger partial charge in [-0.05, 0) is 42.0 Å². The van der Waals surface area contributed by atoms with E-state index < -0.39 is 41.5 Å². The molecule has 33 heavy (non-hydrogen) atoms. The van der Waals surface area contributed by atoms with Gasteiger partial charge in [-0.25, -0.2) is 8.78 Å². The van der Waals surface area contributed by atoms with Crippen molar-refractivity contribution < 1.29 is 31.5 Å². The smallest absolute Gasteiger partial charge is 0.287 e. The van der Waals surface area contributed by atoms with Gasteiger partial charge in [-0.1, -0.05) is 45.0 Å². The Morgan fingerprint density at radius 2 is 1.55 bits per heavy atom. The molecule has 176 valence electrons. The molecule has 0 saturated heterocycles. The summed E-state index contributed by atoms with van der Waals surface area (Å²) in [4.78, 5) is 12.6. The molecule has 1 heterocycles. The highest BCUT2D eigenvalue weighted by Crippen LogP contribution is 2.28. The standard InChI is InChI=1S/C25H25F4NO3/c1-4-14(3)15-6-8-16(9-7-15)20(5-2)30-25(31)21-11-10-17(33-21)13-32-24-22(28)18(26)12-19(27)23(24)29/h6-12,14,20H,4-5,13H2,1-3H3,(H,30,31). The van der Waals surface area contributed by atoms with Crippen LogP contribution in [0, 0.1) is 23.3 Å². The fourth-order valence-electron chi connectivity index (χ4n) is 3.34.